The van der Waals surface area contributed by atoms with Crippen molar-refractivity contribution in [3.05, 3.63) is 43.9 Å². The van der Waals surface area contributed by atoms with E-state index in [9.17, 15) is 4.79 Å². The van der Waals surface area contributed by atoms with E-state index in [2.05, 4.69) is 15.9 Å². The Labute approximate surface area is 106 Å². The molecule has 0 bridgehead atoms. The van der Waals surface area contributed by atoms with Crippen LogP contribution >= 0.6 is 27.3 Å². The second-order valence-corrected chi connectivity index (χ2v) is 5.88. The van der Waals surface area contributed by atoms with E-state index >= 15 is 0 Å². The van der Waals surface area contributed by atoms with Gasteiger partial charge in [0.1, 0.15) is 5.76 Å². The Bertz CT molecular complexity index is 505. The number of furan rings is 1. The molecule has 0 saturated heterocycles. The smallest absolute Gasteiger partial charge is 0.206 e. The molecule has 2 heterocycles. The number of halogens is 1. The normalized spacial score (nSPS) is 10.7. The lowest BCUT2D eigenvalue weighted by atomic mass is 10.1. The minimum atomic E-state index is 0.0457. The molecule has 0 atom stereocenters. The van der Waals surface area contributed by atoms with Crippen molar-refractivity contribution in [2.75, 3.05) is 0 Å². The van der Waals surface area contributed by atoms with Crippen LogP contribution in [0.5, 0.6) is 0 Å². The Kier molecular flexibility index (Phi) is 3.30. The maximum Gasteiger partial charge on any atom is 0.206 e. The predicted octanol–water partition coefficient (Wildman–Crippen LogP) is 4.21. The summed E-state index contributed by atoms with van der Waals surface area (Å²) in [5.41, 5.74) is 1.77. The SMILES string of the molecule is CCc1occc1C(=O)c1cc(C)c(Br)s1. The summed E-state index contributed by atoms with van der Waals surface area (Å²) in [7, 11) is 0. The van der Waals surface area contributed by atoms with E-state index in [4.69, 9.17) is 4.42 Å². The van der Waals surface area contributed by atoms with Crippen LogP contribution in [0.15, 0.2) is 26.6 Å². The largest absolute Gasteiger partial charge is 0.469 e. The van der Waals surface area contributed by atoms with Gasteiger partial charge in [0.05, 0.1) is 20.5 Å². The first kappa shape index (κ1) is 11.6. The molecule has 0 N–H and O–H groups in total. The third kappa shape index (κ3) is 1.99. The number of carbonyl (C=O) groups is 1. The summed E-state index contributed by atoms with van der Waals surface area (Å²) in [5.74, 6) is 0.802. The topological polar surface area (TPSA) is 30.2 Å². The van der Waals surface area contributed by atoms with E-state index in [1.807, 2.05) is 19.9 Å². The fraction of sp³-hybridized carbons (Fsp3) is 0.250. The van der Waals surface area contributed by atoms with E-state index in [1.165, 1.54) is 11.3 Å². The highest BCUT2D eigenvalue weighted by molar-refractivity contribution is 9.11. The fourth-order valence-electron chi connectivity index (χ4n) is 1.52. The molecule has 2 nitrogen and oxygen atoms in total. The van der Waals surface area contributed by atoms with E-state index in [0.717, 1.165) is 26.4 Å². The molecule has 0 fully saturated rings. The summed E-state index contributed by atoms with van der Waals surface area (Å²) in [6.45, 7) is 3.96. The summed E-state index contributed by atoms with van der Waals surface area (Å²) in [6, 6.07) is 3.65. The van der Waals surface area contributed by atoms with Gasteiger partial charge >= 0.3 is 0 Å². The van der Waals surface area contributed by atoms with Crippen LogP contribution in [0.4, 0.5) is 0 Å². The van der Waals surface area contributed by atoms with Gasteiger partial charge in [-0.05, 0) is 40.5 Å². The highest BCUT2D eigenvalue weighted by Gasteiger charge is 2.18. The number of aryl methyl sites for hydroxylation is 2. The summed E-state index contributed by atoms with van der Waals surface area (Å²) >= 11 is 4.89. The first-order valence-corrected chi connectivity index (χ1v) is 6.61. The van der Waals surface area contributed by atoms with Gasteiger partial charge in [-0.1, -0.05) is 6.92 Å². The molecular formula is C12H11BrO2S. The molecule has 0 aromatic carbocycles. The quantitative estimate of drug-likeness (QED) is 0.795. The Morgan fingerprint density at radius 2 is 2.31 bits per heavy atom. The van der Waals surface area contributed by atoms with Gasteiger partial charge in [0, 0.05) is 6.42 Å². The van der Waals surface area contributed by atoms with Crippen molar-refractivity contribution in [3.63, 3.8) is 0 Å². The van der Waals surface area contributed by atoms with Gasteiger partial charge in [-0.3, -0.25) is 4.79 Å². The molecule has 0 unspecified atom stereocenters. The molecule has 2 rings (SSSR count). The lowest BCUT2D eigenvalue weighted by Crippen LogP contribution is -1.99. The zero-order valence-corrected chi connectivity index (χ0v) is 11.4. The monoisotopic (exact) mass is 298 g/mol. The molecule has 0 amide bonds. The van der Waals surface area contributed by atoms with Gasteiger partial charge in [-0.15, -0.1) is 11.3 Å². The van der Waals surface area contributed by atoms with Crippen LogP contribution in [0, 0.1) is 6.92 Å². The number of hydrogen-bond donors (Lipinski definition) is 0. The molecule has 2 aromatic heterocycles. The van der Waals surface area contributed by atoms with Crippen LogP contribution in [0.1, 0.15) is 33.5 Å². The standard InChI is InChI=1S/C12H11BrO2S/c1-3-9-8(4-5-15-9)11(14)10-6-7(2)12(13)16-10/h4-6H,3H2,1-2H3. The van der Waals surface area contributed by atoms with Gasteiger partial charge in [0.25, 0.3) is 0 Å². The molecule has 0 radical (unpaired) electrons. The molecule has 2 aromatic rings. The van der Waals surface area contributed by atoms with E-state index < -0.39 is 0 Å². The zero-order chi connectivity index (χ0) is 11.7. The van der Waals surface area contributed by atoms with Crippen LogP contribution in [-0.4, -0.2) is 5.78 Å². The van der Waals surface area contributed by atoms with Crippen LogP contribution in [-0.2, 0) is 6.42 Å². The van der Waals surface area contributed by atoms with Crippen molar-refractivity contribution in [1.82, 2.24) is 0 Å². The summed E-state index contributed by atoms with van der Waals surface area (Å²) in [4.78, 5) is 12.9. The van der Waals surface area contributed by atoms with E-state index in [1.54, 1.807) is 12.3 Å². The minimum Gasteiger partial charge on any atom is -0.469 e. The molecule has 0 saturated carbocycles. The first-order chi connectivity index (χ1) is 7.63. The fourth-order valence-corrected chi connectivity index (χ4v) is 3.01. The Hall–Kier alpha value is -0.870. The predicted molar refractivity (Wildman–Crippen MR) is 68.3 cm³/mol. The molecule has 4 heteroatoms. The lowest BCUT2D eigenvalue weighted by Gasteiger charge is -1.96. The third-order valence-electron chi connectivity index (χ3n) is 2.39. The molecule has 0 aliphatic heterocycles. The summed E-state index contributed by atoms with van der Waals surface area (Å²) in [5, 5.41) is 0. The van der Waals surface area contributed by atoms with Crippen LogP contribution < -0.4 is 0 Å². The number of thiophene rings is 1. The average molecular weight is 299 g/mol. The molecular weight excluding hydrogens is 288 g/mol. The lowest BCUT2D eigenvalue weighted by molar-refractivity contribution is 0.104. The molecule has 0 aliphatic carbocycles. The van der Waals surface area contributed by atoms with Crippen LogP contribution in [0.25, 0.3) is 0 Å². The maximum absolute atomic E-state index is 12.2. The van der Waals surface area contributed by atoms with Crippen LogP contribution in [0.3, 0.4) is 0 Å². The second kappa shape index (κ2) is 4.55. The third-order valence-corrected chi connectivity index (χ3v) is 4.53. The van der Waals surface area contributed by atoms with Crippen LogP contribution in [0.2, 0.25) is 0 Å². The van der Waals surface area contributed by atoms with Crippen molar-refractivity contribution < 1.29 is 9.21 Å². The van der Waals surface area contributed by atoms with Gasteiger partial charge in [0.2, 0.25) is 5.78 Å². The summed E-state index contributed by atoms with van der Waals surface area (Å²) in [6.07, 6.45) is 2.31. The number of ketones is 1. The molecule has 16 heavy (non-hydrogen) atoms. The number of rotatable bonds is 3. The highest BCUT2D eigenvalue weighted by atomic mass is 79.9. The highest BCUT2D eigenvalue weighted by Crippen LogP contribution is 2.29. The summed E-state index contributed by atoms with van der Waals surface area (Å²) < 4.78 is 6.28. The Morgan fingerprint density at radius 3 is 2.88 bits per heavy atom. The first-order valence-electron chi connectivity index (χ1n) is 5.00. The average Bonchev–Trinajstić information content (AvgIpc) is 2.85. The van der Waals surface area contributed by atoms with Crippen molar-refractivity contribution >= 4 is 33.0 Å². The number of hydrogen-bond acceptors (Lipinski definition) is 3. The van der Waals surface area contributed by atoms with E-state index in [0.29, 0.717) is 5.56 Å². The van der Waals surface area contributed by atoms with Crippen molar-refractivity contribution in [2.24, 2.45) is 0 Å². The maximum atomic E-state index is 12.2. The molecule has 84 valence electrons. The van der Waals surface area contributed by atoms with Gasteiger partial charge in [0.15, 0.2) is 0 Å². The van der Waals surface area contributed by atoms with Gasteiger partial charge in [-0.2, -0.15) is 0 Å². The van der Waals surface area contributed by atoms with E-state index in [-0.39, 0.29) is 5.78 Å². The van der Waals surface area contributed by atoms with Gasteiger partial charge < -0.3 is 4.42 Å². The van der Waals surface area contributed by atoms with Crippen molar-refractivity contribution in [2.45, 2.75) is 20.3 Å². The Morgan fingerprint density at radius 1 is 1.56 bits per heavy atom. The Balaban J connectivity index is 2.39. The molecule has 0 aliphatic rings. The zero-order valence-electron chi connectivity index (χ0n) is 9.04. The number of carbonyl (C=O) groups excluding carboxylic acids is 1. The van der Waals surface area contributed by atoms with Crippen molar-refractivity contribution in [3.8, 4) is 0 Å². The molecule has 0 spiro atoms. The minimum absolute atomic E-state index is 0.0457. The second-order valence-electron chi connectivity index (χ2n) is 3.51. The van der Waals surface area contributed by atoms with Crippen molar-refractivity contribution in [1.29, 1.82) is 0 Å². The van der Waals surface area contributed by atoms with Gasteiger partial charge in [-0.25, -0.2) is 0 Å².